The summed E-state index contributed by atoms with van der Waals surface area (Å²) in [5.41, 5.74) is 18.5. The molecular formula is C35H53N5S. The minimum absolute atomic E-state index is 0.167. The minimum Gasteiger partial charge on any atom is -0.399 e. The van der Waals surface area contributed by atoms with Crippen LogP contribution in [0.4, 0.5) is 11.5 Å². The summed E-state index contributed by atoms with van der Waals surface area (Å²) in [7, 11) is 0. The SMILES string of the molecule is CC(C)(C)c1ccc(N)nc1.CC(C)(C)c1cccc(N)c1.CC(C)(C)c1cccnc1.CC(C)(C)c1cncs1. The van der Waals surface area contributed by atoms with Crippen LogP contribution < -0.4 is 11.5 Å². The molecule has 0 saturated carbocycles. The number of nitrogens with zero attached hydrogens (tertiary/aromatic N) is 3. The predicted octanol–water partition coefficient (Wildman–Crippen LogP) is 9.35. The lowest BCUT2D eigenvalue weighted by atomic mass is 9.87. The van der Waals surface area contributed by atoms with Gasteiger partial charge in [-0.2, -0.15) is 0 Å². The van der Waals surface area contributed by atoms with Crippen molar-refractivity contribution in [3.8, 4) is 0 Å². The quantitative estimate of drug-likeness (QED) is 0.204. The Morgan fingerprint density at radius 1 is 0.561 bits per heavy atom. The van der Waals surface area contributed by atoms with Gasteiger partial charge in [0.25, 0.3) is 0 Å². The van der Waals surface area contributed by atoms with E-state index in [1.165, 1.54) is 21.6 Å². The van der Waals surface area contributed by atoms with Crippen LogP contribution >= 0.6 is 11.3 Å². The van der Waals surface area contributed by atoms with Crippen molar-refractivity contribution in [2.75, 3.05) is 11.5 Å². The van der Waals surface area contributed by atoms with E-state index in [-0.39, 0.29) is 21.7 Å². The van der Waals surface area contributed by atoms with E-state index < -0.39 is 0 Å². The van der Waals surface area contributed by atoms with Crippen LogP contribution in [0.25, 0.3) is 0 Å². The van der Waals surface area contributed by atoms with Crippen molar-refractivity contribution in [3.63, 3.8) is 0 Å². The Hall–Kier alpha value is -3.25. The molecule has 4 N–H and O–H groups in total. The molecule has 224 valence electrons. The zero-order valence-electron chi connectivity index (χ0n) is 27.4. The Balaban J connectivity index is 0.000000274. The van der Waals surface area contributed by atoms with Gasteiger partial charge in [0, 0.05) is 35.4 Å². The lowest BCUT2D eigenvalue weighted by Gasteiger charge is -2.18. The van der Waals surface area contributed by atoms with Crippen LogP contribution in [0.5, 0.6) is 0 Å². The maximum Gasteiger partial charge on any atom is 0.123 e. The summed E-state index contributed by atoms with van der Waals surface area (Å²) in [6.07, 6.45) is 7.48. The van der Waals surface area contributed by atoms with Gasteiger partial charge in [-0.1, -0.05) is 107 Å². The Morgan fingerprint density at radius 2 is 1.12 bits per heavy atom. The van der Waals surface area contributed by atoms with E-state index in [1.54, 1.807) is 17.5 Å². The van der Waals surface area contributed by atoms with Crippen LogP contribution in [0, 0.1) is 0 Å². The molecule has 0 fully saturated rings. The second-order valence-electron chi connectivity index (χ2n) is 14.2. The number of rotatable bonds is 0. The van der Waals surface area contributed by atoms with Crippen molar-refractivity contribution in [3.05, 3.63) is 100 Å². The molecule has 0 aliphatic heterocycles. The number of nitrogen functional groups attached to an aromatic ring is 2. The van der Waals surface area contributed by atoms with Gasteiger partial charge in [0.15, 0.2) is 0 Å². The molecule has 3 aromatic heterocycles. The van der Waals surface area contributed by atoms with Crippen LogP contribution in [0.3, 0.4) is 0 Å². The molecule has 5 nitrogen and oxygen atoms in total. The van der Waals surface area contributed by atoms with Crippen molar-refractivity contribution >= 4 is 22.8 Å². The molecule has 0 saturated heterocycles. The Bertz CT molecular complexity index is 1250. The molecule has 0 bridgehead atoms. The Morgan fingerprint density at radius 3 is 1.44 bits per heavy atom. The van der Waals surface area contributed by atoms with E-state index >= 15 is 0 Å². The van der Waals surface area contributed by atoms with Gasteiger partial charge in [0.2, 0.25) is 0 Å². The smallest absolute Gasteiger partial charge is 0.123 e. The highest BCUT2D eigenvalue weighted by molar-refractivity contribution is 7.09. The molecule has 0 aliphatic carbocycles. The molecular weight excluding hydrogens is 522 g/mol. The topological polar surface area (TPSA) is 90.7 Å². The standard InChI is InChI=1S/C10H15N.C9H14N2.C9H13N.C7H11NS/c1-10(2,3)8-5-4-6-9(11)7-8;1-9(2,3)7-4-5-8(10)11-6-7;1-9(2,3)8-5-4-6-10-7-8;1-7(2,3)6-4-8-5-9-6/h4-7H,11H2,1-3H3;4-6H,1-3H3,(H2,10,11);4-7H,1-3H3;4-5H,1-3H3. The number of anilines is 2. The fraction of sp³-hybridized carbons (Fsp3) is 0.457. The van der Waals surface area contributed by atoms with E-state index in [0.717, 1.165) is 5.69 Å². The molecule has 0 aliphatic rings. The zero-order chi connectivity index (χ0) is 31.5. The summed E-state index contributed by atoms with van der Waals surface area (Å²) in [5, 5.41) is 0. The van der Waals surface area contributed by atoms with Crippen LogP contribution in [-0.2, 0) is 21.7 Å². The molecule has 0 spiro atoms. The predicted molar refractivity (Wildman–Crippen MR) is 181 cm³/mol. The average Bonchev–Trinajstić information content (AvgIpc) is 3.41. The number of hydrogen-bond donors (Lipinski definition) is 2. The summed E-state index contributed by atoms with van der Waals surface area (Å²) >= 11 is 1.72. The average molecular weight is 576 g/mol. The molecule has 0 atom stereocenters. The molecule has 3 heterocycles. The van der Waals surface area contributed by atoms with Crippen molar-refractivity contribution in [1.29, 1.82) is 0 Å². The summed E-state index contributed by atoms with van der Waals surface area (Å²) in [6, 6.07) is 16.0. The van der Waals surface area contributed by atoms with Gasteiger partial charge in [-0.15, -0.1) is 11.3 Å². The molecule has 41 heavy (non-hydrogen) atoms. The first-order valence-electron chi connectivity index (χ1n) is 14.1. The van der Waals surface area contributed by atoms with Gasteiger partial charge >= 0.3 is 0 Å². The molecule has 4 aromatic rings. The first kappa shape index (κ1) is 35.8. The van der Waals surface area contributed by atoms with Crippen LogP contribution in [0.2, 0.25) is 0 Å². The summed E-state index contributed by atoms with van der Waals surface area (Å²) in [5.74, 6) is 0.581. The van der Waals surface area contributed by atoms with E-state index in [2.05, 4.69) is 110 Å². The first-order valence-corrected chi connectivity index (χ1v) is 15.0. The second-order valence-corrected chi connectivity index (χ2v) is 15.1. The highest BCUT2D eigenvalue weighted by Crippen LogP contribution is 2.25. The van der Waals surface area contributed by atoms with Crippen LogP contribution in [0.15, 0.2) is 78.8 Å². The van der Waals surface area contributed by atoms with Gasteiger partial charge < -0.3 is 11.5 Å². The fourth-order valence-electron chi connectivity index (χ4n) is 3.25. The molecule has 4 rings (SSSR count). The van der Waals surface area contributed by atoms with Crippen LogP contribution in [0.1, 0.15) is 105 Å². The number of pyridine rings is 2. The third kappa shape index (κ3) is 14.3. The van der Waals surface area contributed by atoms with Gasteiger partial charge in [-0.3, -0.25) is 9.97 Å². The fourth-order valence-corrected chi connectivity index (χ4v) is 3.96. The first-order chi connectivity index (χ1) is 18.7. The zero-order valence-corrected chi connectivity index (χ0v) is 28.2. The summed E-state index contributed by atoms with van der Waals surface area (Å²) < 4.78 is 0. The maximum atomic E-state index is 5.66. The van der Waals surface area contributed by atoms with E-state index in [1.807, 2.05) is 60.5 Å². The number of thiazole rings is 1. The second kappa shape index (κ2) is 15.1. The van der Waals surface area contributed by atoms with Crippen molar-refractivity contribution in [2.24, 2.45) is 0 Å². The van der Waals surface area contributed by atoms with E-state index in [4.69, 9.17) is 11.5 Å². The third-order valence-electron chi connectivity index (χ3n) is 6.10. The third-order valence-corrected chi connectivity index (χ3v) is 7.30. The van der Waals surface area contributed by atoms with Crippen molar-refractivity contribution < 1.29 is 0 Å². The largest absolute Gasteiger partial charge is 0.399 e. The number of benzene rings is 1. The highest BCUT2D eigenvalue weighted by atomic mass is 32.1. The van der Waals surface area contributed by atoms with Crippen molar-refractivity contribution in [2.45, 2.75) is 105 Å². The number of hydrogen-bond acceptors (Lipinski definition) is 6. The minimum atomic E-state index is 0.167. The Labute approximate surface area is 253 Å². The molecule has 6 heteroatoms. The van der Waals surface area contributed by atoms with Gasteiger partial charge in [-0.05, 0) is 62.6 Å². The van der Waals surface area contributed by atoms with E-state index in [9.17, 15) is 0 Å². The lowest BCUT2D eigenvalue weighted by molar-refractivity contribution is 0.587. The summed E-state index contributed by atoms with van der Waals surface area (Å²) in [4.78, 5) is 13.4. The van der Waals surface area contributed by atoms with E-state index in [0.29, 0.717) is 5.82 Å². The lowest BCUT2D eigenvalue weighted by Crippen LogP contribution is -2.11. The molecule has 1 aromatic carbocycles. The van der Waals surface area contributed by atoms with Gasteiger partial charge in [0.05, 0.1) is 5.51 Å². The molecule has 0 radical (unpaired) electrons. The van der Waals surface area contributed by atoms with Crippen molar-refractivity contribution in [1.82, 2.24) is 15.0 Å². The summed E-state index contributed by atoms with van der Waals surface area (Å²) in [6.45, 7) is 26.1. The maximum absolute atomic E-state index is 5.66. The monoisotopic (exact) mass is 575 g/mol. The number of nitrogens with two attached hydrogens (primary N) is 2. The Kier molecular flexibility index (Phi) is 13.2. The van der Waals surface area contributed by atoms with Gasteiger partial charge in [0.1, 0.15) is 5.82 Å². The normalized spacial score (nSPS) is 11.6. The highest BCUT2D eigenvalue weighted by Gasteiger charge is 2.15. The molecule has 0 amide bonds. The van der Waals surface area contributed by atoms with Gasteiger partial charge in [-0.25, -0.2) is 4.98 Å². The molecule has 0 unspecified atom stereocenters. The van der Waals surface area contributed by atoms with Crippen LogP contribution in [-0.4, -0.2) is 15.0 Å². The number of aromatic nitrogens is 3.